The van der Waals surface area contributed by atoms with E-state index in [4.69, 9.17) is 10.5 Å². The van der Waals surface area contributed by atoms with Gasteiger partial charge in [0.15, 0.2) is 0 Å². The Labute approximate surface area is 82.4 Å². The Bertz CT molecular complexity index is 348. The number of ether oxygens (including phenoxy) is 1. The molecule has 74 valence electrons. The first-order valence-electron chi connectivity index (χ1n) is 4.17. The van der Waals surface area contributed by atoms with Gasteiger partial charge < -0.3 is 10.5 Å². The number of primary amides is 1. The second-order valence-electron chi connectivity index (χ2n) is 2.70. The van der Waals surface area contributed by atoms with Gasteiger partial charge in [-0.2, -0.15) is 0 Å². The van der Waals surface area contributed by atoms with Crippen LogP contribution in [0.3, 0.4) is 0 Å². The lowest BCUT2D eigenvalue weighted by atomic mass is 10.2. The third kappa shape index (κ3) is 3.26. The van der Waals surface area contributed by atoms with Crippen molar-refractivity contribution in [3.05, 3.63) is 30.0 Å². The first kappa shape index (κ1) is 10.2. The summed E-state index contributed by atoms with van der Waals surface area (Å²) in [5.74, 6) is 0.202. The molecule has 0 spiro atoms. The van der Waals surface area contributed by atoms with Gasteiger partial charge in [0.05, 0.1) is 7.11 Å². The Morgan fingerprint density at radius 1 is 1.71 bits per heavy atom. The van der Waals surface area contributed by atoms with Crippen molar-refractivity contribution in [2.45, 2.75) is 6.42 Å². The first-order valence-corrected chi connectivity index (χ1v) is 4.17. The van der Waals surface area contributed by atoms with Crippen LogP contribution in [-0.4, -0.2) is 18.0 Å². The molecule has 4 heteroatoms. The fourth-order valence-corrected chi connectivity index (χ4v) is 0.951. The van der Waals surface area contributed by atoms with Crippen LogP contribution in [0.25, 0.3) is 6.08 Å². The minimum atomic E-state index is -0.345. The highest BCUT2D eigenvalue weighted by molar-refractivity contribution is 5.76. The smallest absolute Gasteiger partial charge is 0.221 e. The lowest BCUT2D eigenvalue weighted by molar-refractivity contribution is -0.117. The minimum absolute atomic E-state index is 0.241. The number of hydrogen-bond acceptors (Lipinski definition) is 3. The zero-order valence-corrected chi connectivity index (χ0v) is 7.93. The molecule has 14 heavy (non-hydrogen) atoms. The summed E-state index contributed by atoms with van der Waals surface area (Å²) < 4.78 is 4.95. The second-order valence-corrected chi connectivity index (χ2v) is 2.70. The number of rotatable bonds is 4. The molecule has 0 atom stereocenters. The van der Waals surface area contributed by atoms with Crippen LogP contribution in [-0.2, 0) is 4.79 Å². The van der Waals surface area contributed by atoms with E-state index in [9.17, 15) is 4.79 Å². The maximum Gasteiger partial charge on any atom is 0.221 e. The molecule has 0 saturated heterocycles. The summed E-state index contributed by atoms with van der Waals surface area (Å²) in [7, 11) is 1.55. The van der Waals surface area contributed by atoms with Gasteiger partial charge >= 0.3 is 0 Å². The third-order valence-electron chi connectivity index (χ3n) is 1.60. The lowest BCUT2D eigenvalue weighted by Gasteiger charge is -1.98. The molecule has 0 bridgehead atoms. The Kier molecular flexibility index (Phi) is 3.67. The number of carbonyl (C=O) groups is 1. The molecule has 4 nitrogen and oxygen atoms in total. The van der Waals surface area contributed by atoms with Crippen molar-refractivity contribution in [3.8, 4) is 5.88 Å². The van der Waals surface area contributed by atoms with Crippen molar-refractivity contribution in [1.82, 2.24) is 4.98 Å². The second kappa shape index (κ2) is 5.01. The average molecular weight is 192 g/mol. The number of pyridine rings is 1. The van der Waals surface area contributed by atoms with E-state index in [2.05, 4.69) is 4.98 Å². The van der Waals surface area contributed by atoms with Crippen LogP contribution in [0.2, 0.25) is 0 Å². The number of hydrogen-bond donors (Lipinski definition) is 1. The van der Waals surface area contributed by atoms with Crippen LogP contribution in [0, 0.1) is 0 Å². The quantitative estimate of drug-likeness (QED) is 0.773. The van der Waals surface area contributed by atoms with E-state index in [1.54, 1.807) is 31.5 Å². The summed E-state index contributed by atoms with van der Waals surface area (Å²) in [4.78, 5) is 14.4. The van der Waals surface area contributed by atoms with Gasteiger partial charge in [-0.15, -0.1) is 0 Å². The van der Waals surface area contributed by atoms with E-state index in [1.165, 1.54) is 0 Å². The highest BCUT2D eigenvalue weighted by atomic mass is 16.5. The topological polar surface area (TPSA) is 65.2 Å². The molecule has 0 fully saturated rings. The third-order valence-corrected chi connectivity index (χ3v) is 1.60. The van der Waals surface area contributed by atoms with Crippen LogP contribution >= 0.6 is 0 Å². The molecule has 0 aliphatic heterocycles. The Hall–Kier alpha value is -1.84. The number of amides is 1. The molecule has 1 aromatic heterocycles. The van der Waals surface area contributed by atoms with E-state index in [1.807, 2.05) is 6.07 Å². The van der Waals surface area contributed by atoms with Gasteiger partial charge in [-0.25, -0.2) is 4.98 Å². The van der Waals surface area contributed by atoms with Crippen molar-refractivity contribution < 1.29 is 9.53 Å². The van der Waals surface area contributed by atoms with Crippen LogP contribution in [0.15, 0.2) is 24.4 Å². The standard InChI is InChI=1S/C10H12N2O2/c1-14-10-7-8(5-6-12-10)3-2-4-9(11)13/h2-3,5-7H,4H2,1H3,(H2,11,13). The molecule has 1 amide bonds. The molecular weight excluding hydrogens is 180 g/mol. The summed E-state index contributed by atoms with van der Waals surface area (Å²) in [6.07, 6.45) is 5.39. The van der Waals surface area contributed by atoms with Gasteiger partial charge in [-0.1, -0.05) is 12.2 Å². The number of aromatic nitrogens is 1. The van der Waals surface area contributed by atoms with Gasteiger partial charge in [-0.3, -0.25) is 4.79 Å². The average Bonchev–Trinajstić information content (AvgIpc) is 2.18. The summed E-state index contributed by atoms with van der Waals surface area (Å²) in [5, 5.41) is 0. The molecular formula is C10H12N2O2. The van der Waals surface area contributed by atoms with Crippen molar-refractivity contribution in [2.75, 3.05) is 7.11 Å². The van der Waals surface area contributed by atoms with Crippen molar-refractivity contribution in [3.63, 3.8) is 0 Å². The molecule has 1 aromatic rings. The lowest BCUT2D eigenvalue weighted by Crippen LogP contribution is -2.07. The van der Waals surface area contributed by atoms with E-state index in [0.717, 1.165) is 5.56 Å². The van der Waals surface area contributed by atoms with E-state index in [0.29, 0.717) is 5.88 Å². The molecule has 2 N–H and O–H groups in total. The monoisotopic (exact) mass is 192 g/mol. The van der Waals surface area contributed by atoms with E-state index in [-0.39, 0.29) is 12.3 Å². The van der Waals surface area contributed by atoms with Gasteiger partial charge in [0.25, 0.3) is 0 Å². The zero-order chi connectivity index (χ0) is 10.4. The van der Waals surface area contributed by atoms with E-state index >= 15 is 0 Å². The predicted molar refractivity (Wildman–Crippen MR) is 53.6 cm³/mol. The van der Waals surface area contributed by atoms with Crippen molar-refractivity contribution >= 4 is 12.0 Å². The molecule has 0 unspecified atom stereocenters. The summed E-state index contributed by atoms with van der Waals surface area (Å²) in [6.45, 7) is 0. The fourth-order valence-electron chi connectivity index (χ4n) is 0.951. The first-order chi connectivity index (χ1) is 6.72. The Balaban J connectivity index is 2.66. The van der Waals surface area contributed by atoms with Crippen LogP contribution < -0.4 is 10.5 Å². The van der Waals surface area contributed by atoms with Gasteiger partial charge in [0, 0.05) is 18.7 Å². The van der Waals surface area contributed by atoms with Crippen molar-refractivity contribution in [1.29, 1.82) is 0 Å². The number of nitrogens with zero attached hydrogens (tertiary/aromatic N) is 1. The van der Waals surface area contributed by atoms with Gasteiger partial charge in [0.1, 0.15) is 0 Å². The van der Waals surface area contributed by atoms with E-state index < -0.39 is 0 Å². The van der Waals surface area contributed by atoms with Crippen LogP contribution in [0.1, 0.15) is 12.0 Å². The maximum atomic E-state index is 10.4. The molecule has 0 aliphatic carbocycles. The van der Waals surface area contributed by atoms with Gasteiger partial charge in [0.2, 0.25) is 11.8 Å². The number of methoxy groups -OCH3 is 1. The molecule has 1 heterocycles. The fraction of sp³-hybridized carbons (Fsp3) is 0.200. The zero-order valence-electron chi connectivity index (χ0n) is 7.93. The number of carbonyl (C=O) groups excluding carboxylic acids is 1. The van der Waals surface area contributed by atoms with Crippen LogP contribution in [0.4, 0.5) is 0 Å². The largest absolute Gasteiger partial charge is 0.481 e. The minimum Gasteiger partial charge on any atom is -0.481 e. The number of nitrogens with two attached hydrogens (primary N) is 1. The summed E-state index contributed by atoms with van der Waals surface area (Å²) >= 11 is 0. The summed E-state index contributed by atoms with van der Waals surface area (Å²) in [5.41, 5.74) is 5.91. The predicted octanol–water partition coefficient (Wildman–Crippen LogP) is 0.979. The summed E-state index contributed by atoms with van der Waals surface area (Å²) in [6, 6.07) is 3.59. The molecule has 0 aliphatic rings. The van der Waals surface area contributed by atoms with Crippen molar-refractivity contribution in [2.24, 2.45) is 5.73 Å². The highest BCUT2D eigenvalue weighted by Gasteiger charge is 1.93. The van der Waals surface area contributed by atoms with Crippen LogP contribution in [0.5, 0.6) is 5.88 Å². The Morgan fingerprint density at radius 2 is 2.50 bits per heavy atom. The molecule has 0 saturated carbocycles. The highest BCUT2D eigenvalue weighted by Crippen LogP contribution is 2.09. The SMILES string of the molecule is COc1cc(C=CCC(N)=O)ccn1. The van der Waals surface area contributed by atoms with Gasteiger partial charge in [-0.05, 0) is 11.6 Å². The molecule has 0 aromatic carbocycles. The maximum absolute atomic E-state index is 10.4. The molecule has 0 radical (unpaired) electrons. The normalized spacial score (nSPS) is 10.4. The molecule has 1 rings (SSSR count). The Morgan fingerprint density at radius 3 is 3.14 bits per heavy atom.